The third-order valence-corrected chi connectivity index (χ3v) is 5.56. The fourth-order valence-electron chi connectivity index (χ4n) is 3.92. The van der Waals surface area contributed by atoms with E-state index in [0.717, 1.165) is 38.8 Å². The van der Waals surface area contributed by atoms with Gasteiger partial charge in [-0.15, -0.1) is 0 Å². The van der Waals surface area contributed by atoms with Crippen LogP contribution in [-0.4, -0.2) is 45.2 Å². The van der Waals surface area contributed by atoms with E-state index in [-0.39, 0.29) is 18.6 Å². The highest BCUT2D eigenvalue weighted by molar-refractivity contribution is 5.74. The molecule has 1 saturated carbocycles. The fraction of sp³-hybridized carbons (Fsp3) is 0.600. The van der Waals surface area contributed by atoms with Crippen molar-refractivity contribution in [1.82, 2.24) is 25.3 Å². The SMILES string of the molecule is O=C(NC1CCCCC1)N1CCC(c2noc(COc3cccnc3)n2)CC1. The predicted octanol–water partition coefficient (Wildman–Crippen LogP) is 3.27. The van der Waals surface area contributed by atoms with E-state index in [9.17, 15) is 4.79 Å². The van der Waals surface area contributed by atoms with E-state index in [0.29, 0.717) is 23.5 Å². The molecule has 1 aliphatic heterocycles. The van der Waals surface area contributed by atoms with Crippen molar-refractivity contribution in [3.63, 3.8) is 0 Å². The van der Waals surface area contributed by atoms with Crippen LogP contribution in [0.25, 0.3) is 0 Å². The molecule has 8 nitrogen and oxygen atoms in total. The number of ether oxygens (including phenoxy) is 1. The number of nitrogens with zero attached hydrogens (tertiary/aromatic N) is 4. The Morgan fingerprint density at radius 3 is 2.79 bits per heavy atom. The number of hydrogen-bond acceptors (Lipinski definition) is 6. The maximum absolute atomic E-state index is 12.5. The molecule has 0 atom stereocenters. The highest BCUT2D eigenvalue weighted by Crippen LogP contribution is 2.26. The topological polar surface area (TPSA) is 93.4 Å². The van der Waals surface area contributed by atoms with Crippen LogP contribution in [0.4, 0.5) is 4.79 Å². The number of amides is 2. The highest BCUT2D eigenvalue weighted by Gasteiger charge is 2.28. The van der Waals surface area contributed by atoms with Crippen molar-refractivity contribution in [3.8, 4) is 5.75 Å². The van der Waals surface area contributed by atoms with Gasteiger partial charge in [0.2, 0.25) is 0 Å². The molecule has 4 rings (SSSR count). The van der Waals surface area contributed by atoms with Gasteiger partial charge in [-0.1, -0.05) is 24.4 Å². The van der Waals surface area contributed by atoms with Crippen molar-refractivity contribution in [2.24, 2.45) is 0 Å². The Labute approximate surface area is 164 Å². The number of piperidine rings is 1. The summed E-state index contributed by atoms with van der Waals surface area (Å²) in [5, 5.41) is 7.31. The molecule has 2 fully saturated rings. The molecule has 2 aromatic rings. The molecule has 150 valence electrons. The van der Waals surface area contributed by atoms with Crippen LogP contribution in [-0.2, 0) is 6.61 Å². The smallest absolute Gasteiger partial charge is 0.317 e. The molecule has 3 heterocycles. The van der Waals surface area contributed by atoms with Gasteiger partial charge in [-0.2, -0.15) is 4.98 Å². The summed E-state index contributed by atoms with van der Waals surface area (Å²) in [4.78, 5) is 22.9. The van der Waals surface area contributed by atoms with Gasteiger partial charge in [0.05, 0.1) is 6.20 Å². The first-order valence-corrected chi connectivity index (χ1v) is 10.2. The molecule has 2 aliphatic rings. The summed E-state index contributed by atoms with van der Waals surface area (Å²) in [6.07, 6.45) is 11.0. The van der Waals surface area contributed by atoms with Gasteiger partial charge in [-0.25, -0.2) is 4.79 Å². The first kappa shape index (κ1) is 18.7. The molecular formula is C20H27N5O3. The van der Waals surface area contributed by atoms with Crippen molar-refractivity contribution in [1.29, 1.82) is 0 Å². The van der Waals surface area contributed by atoms with Crippen LogP contribution in [0.15, 0.2) is 29.0 Å². The molecular weight excluding hydrogens is 358 g/mol. The van der Waals surface area contributed by atoms with Crippen molar-refractivity contribution in [2.75, 3.05) is 13.1 Å². The maximum atomic E-state index is 12.5. The largest absolute Gasteiger partial charge is 0.482 e. The third kappa shape index (κ3) is 4.79. The van der Waals surface area contributed by atoms with Crippen molar-refractivity contribution < 1.29 is 14.1 Å². The summed E-state index contributed by atoms with van der Waals surface area (Å²) in [6, 6.07) is 4.06. The Kier molecular flexibility index (Phi) is 6.04. The van der Waals surface area contributed by atoms with Crippen molar-refractivity contribution in [2.45, 2.75) is 63.5 Å². The molecule has 8 heteroatoms. The zero-order valence-electron chi connectivity index (χ0n) is 16.0. The van der Waals surface area contributed by atoms with E-state index in [2.05, 4.69) is 20.4 Å². The van der Waals surface area contributed by atoms with Gasteiger partial charge >= 0.3 is 6.03 Å². The Morgan fingerprint density at radius 2 is 2.04 bits per heavy atom. The van der Waals surface area contributed by atoms with E-state index in [1.165, 1.54) is 19.3 Å². The number of carbonyl (C=O) groups excluding carboxylic acids is 1. The van der Waals surface area contributed by atoms with Crippen LogP contribution in [0, 0.1) is 0 Å². The van der Waals surface area contributed by atoms with Crippen LogP contribution < -0.4 is 10.1 Å². The predicted molar refractivity (Wildman–Crippen MR) is 102 cm³/mol. The summed E-state index contributed by atoms with van der Waals surface area (Å²) < 4.78 is 10.9. The van der Waals surface area contributed by atoms with E-state index in [4.69, 9.17) is 9.26 Å². The normalized spacial score (nSPS) is 18.8. The van der Waals surface area contributed by atoms with E-state index in [1.54, 1.807) is 12.4 Å². The minimum atomic E-state index is 0.0732. The Balaban J connectivity index is 1.23. The molecule has 1 N–H and O–H groups in total. The number of likely N-dealkylation sites (tertiary alicyclic amines) is 1. The quantitative estimate of drug-likeness (QED) is 0.849. The van der Waals surface area contributed by atoms with Crippen LogP contribution in [0.1, 0.15) is 62.6 Å². The van der Waals surface area contributed by atoms with Crippen molar-refractivity contribution >= 4 is 6.03 Å². The van der Waals surface area contributed by atoms with Gasteiger partial charge in [0.15, 0.2) is 12.4 Å². The molecule has 0 unspecified atom stereocenters. The number of carbonyl (C=O) groups is 1. The van der Waals surface area contributed by atoms with E-state index < -0.39 is 0 Å². The maximum Gasteiger partial charge on any atom is 0.317 e. The lowest BCUT2D eigenvalue weighted by Crippen LogP contribution is -2.48. The van der Waals surface area contributed by atoms with Gasteiger partial charge in [-0.3, -0.25) is 4.98 Å². The van der Waals surface area contributed by atoms with Crippen LogP contribution >= 0.6 is 0 Å². The summed E-state index contributed by atoms with van der Waals surface area (Å²) >= 11 is 0. The van der Waals surface area contributed by atoms with Gasteiger partial charge in [-0.05, 0) is 37.8 Å². The monoisotopic (exact) mass is 385 g/mol. The van der Waals surface area contributed by atoms with Crippen LogP contribution in [0.2, 0.25) is 0 Å². The number of nitrogens with one attached hydrogen (secondary N) is 1. The lowest BCUT2D eigenvalue weighted by molar-refractivity contribution is 0.173. The molecule has 0 spiro atoms. The highest BCUT2D eigenvalue weighted by atomic mass is 16.5. The Hall–Kier alpha value is -2.64. The minimum absolute atomic E-state index is 0.0732. The van der Waals surface area contributed by atoms with Crippen LogP contribution in [0.5, 0.6) is 5.75 Å². The van der Waals surface area contributed by atoms with Gasteiger partial charge in [0, 0.05) is 31.2 Å². The second kappa shape index (κ2) is 9.03. The summed E-state index contributed by atoms with van der Waals surface area (Å²) in [6.45, 7) is 1.67. The average molecular weight is 385 g/mol. The number of aromatic nitrogens is 3. The number of urea groups is 1. The van der Waals surface area contributed by atoms with E-state index in [1.807, 2.05) is 17.0 Å². The summed E-state index contributed by atoms with van der Waals surface area (Å²) in [7, 11) is 0. The van der Waals surface area contributed by atoms with Gasteiger partial charge in [0.1, 0.15) is 5.75 Å². The molecule has 2 amide bonds. The minimum Gasteiger partial charge on any atom is -0.482 e. The van der Waals surface area contributed by atoms with Crippen molar-refractivity contribution in [3.05, 3.63) is 36.2 Å². The molecule has 2 aromatic heterocycles. The fourth-order valence-corrected chi connectivity index (χ4v) is 3.92. The number of rotatable bonds is 5. The second-order valence-corrected chi connectivity index (χ2v) is 7.57. The summed E-state index contributed by atoms with van der Waals surface area (Å²) in [5.41, 5.74) is 0. The molecule has 0 aromatic carbocycles. The van der Waals surface area contributed by atoms with E-state index >= 15 is 0 Å². The number of hydrogen-bond donors (Lipinski definition) is 1. The molecule has 1 saturated heterocycles. The summed E-state index contributed by atoms with van der Waals surface area (Å²) in [5.74, 6) is 2.04. The Bertz CT molecular complexity index is 752. The standard InChI is InChI=1S/C20H27N5O3/c26-20(22-16-5-2-1-3-6-16)25-11-8-15(9-12-25)19-23-18(28-24-19)14-27-17-7-4-10-21-13-17/h4,7,10,13,15-16H,1-3,5-6,8-9,11-12,14H2,(H,22,26). The lowest BCUT2D eigenvalue weighted by Gasteiger charge is -2.33. The van der Waals surface area contributed by atoms with Crippen LogP contribution in [0.3, 0.4) is 0 Å². The lowest BCUT2D eigenvalue weighted by atomic mass is 9.95. The van der Waals surface area contributed by atoms with Gasteiger partial charge in [0.25, 0.3) is 5.89 Å². The molecule has 0 bridgehead atoms. The number of pyridine rings is 1. The molecule has 28 heavy (non-hydrogen) atoms. The average Bonchev–Trinajstić information content (AvgIpc) is 3.23. The molecule has 1 aliphatic carbocycles. The zero-order chi connectivity index (χ0) is 19.2. The van der Waals surface area contributed by atoms with Gasteiger partial charge < -0.3 is 19.5 Å². The Morgan fingerprint density at radius 1 is 1.21 bits per heavy atom. The molecule has 0 radical (unpaired) electrons. The second-order valence-electron chi connectivity index (χ2n) is 7.57. The first-order valence-electron chi connectivity index (χ1n) is 10.2. The zero-order valence-corrected chi connectivity index (χ0v) is 16.0. The first-order chi connectivity index (χ1) is 13.8. The third-order valence-electron chi connectivity index (χ3n) is 5.56.